The van der Waals surface area contributed by atoms with Crippen LogP contribution < -0.4 is 0 Å². The van der Waals surface area contributed by atoms with E-state index >= 15 is 0 Å². The summed E-state index contributed by atoms with van der Waals surface area (Å²) < 4.78 is 0. The lowest BCUT2D eigenvalue weighted by Gasteiger charge is -2.13. The normalized spacial score (nSPS) is 18.6. The molecule has 0 N–H and O–H groups in total. The van der Waals surface area contributed by atoms with E-state index in [0.29, 0.717) is 5.92 Å². The molecule has 3 nitrogen and oxygen atoms in total. The molecule has 0 heterocycles. The number of carbonyl (C=O) groups excluding carboxylic acids is 1. The molecule has 1 aliphatic rings. The summed E-state index contributed by atoms with van der Waals surface area (Å²) in [7, 11) is 0. The van der Waals surface area contributed by atoms with Gasteiger partial charge in [0.2, 0.25) is 0 Å². The molecule has 3 heteroatoms. The number of nitrogens with zero attached hydrogens (tertiary/aromatic N) is 1. The number of rotatable bonds is 2. The standard InChI is InChI=1S/C10H17NO2/c1-7(8-5-6-8)11-13-9(12)10(2,3)4/h8H,5-6H2,1-4H3/b11-7+. The van der Waals surface area contributed by atoms with Crippen molar-refractivity contribution in [3.8, 4) is 0 Å². The zero-order chi connectivity index (χ0) is 10.1. The molecule has 1 fully saturated rings. The van der Waals surface area contributed by atoms with Crippen LogP contribution in [0.1, 0.15) is 40.5 Å². The highest BCUT2D eigenvalue weighted by Gasteiger charge is 2.27. The van der Waals surface area contributed by atoms with Crippen LogP contribution in [-0.4, -0.2) is 11.7 Å². The van der Waals surface area contributed by atoms with Crippen LogP contribution >= 0.6 is 0 Å². The van der Waals surface area contributed by atoms with Crippen LogP contribution in [0.5, 0.6) is 0 Å². The van der Waals surface area contributed by atoms with Gasteiger partial charge < -0.3 is 4.84 Å². The Bertz CT molecular complexity index is 234. The summed E-state index contributed by atoms with van der Waals surface area (Å²) in [6, 6.07) is 0. The fraction of sp³-hybridized carbons (Fsp3) is 0.800. The van der Waals surface area contributed by atoms with Gasteiger partial charge >= 0.3 is 5.97 Å². The average molecular weight is 183 g/mol. The maximum absolute atomic E-state index is 11.3. The zero-order valence-electron chi connectivity index (χ0n) is 8.76. The van der Waals surface area contributed by atoms with E-state index in [1.165, 1.54) is 12.8 Å². The van der Waals surface area contributed by atoms with Crippen LogP contribution in [-0.2, 0) is 9.63 Å². The van der Waals surface area contributed by atoms with E-state index in [1.54, 1.807) is 0 Å². The molecule has 0 atom stereocenters. The number of hydrogen-bond acceptors (Lipinski definition) is 3. The Labute approximate surface area is 79.1 Å². The van der Waals surface area contributed by atoms with Gasteiger partial charge in [-0.1, -0.05) is 5.16 Å². The number of hydrogen-bond donors (Lipinski definition) is 0. The molecule has 0 aromatic carbocycles. The van der Waals surface area contributed by atoms with Gasteiger partial charge in [-0.2, -0.15) is 0 Å². The largest absolute Gasteiger partial charge is 0.340 e. The van der Waals surface area contributed by atoms with Crippen LogP contribution in [0.15, 0.2) is 5.16 Å². The van der Waals surface area contributed by atoms with Gasteiger partial charge in [-0.3, -0.25) is 0 Å². The Hall–Kier alpha value is -0.860. The van der Waals surface area contributed by atoms with E-state index in [2.05, 4.69) is 5.16 Å². The lowest BCUT2D eigenvalue weighted by atomic mass is 9.98. The van der Waals surface area contributed by atoms with E-state index in [1.807, 2.05) is 27.7 Å². The van der Waals surface area contributed by atoms with Gasteiger partial charge in [-0.25, -0.2) is 4.79 Å². The molecule has 1 rings (SSSR count). The van der Waals surface area contributed by atoms with Crippen molar-refractivity contribution in [2.45, 2.75) is 40.5 Å². The first-order valence-electron chi connectivity index (χ1n) is 4.67. The lowest BCUT2D eigenvalue weighted by Crippen LogP contribution is -2.21. The van der Waals surface area contributed by atoms with E-state index in [4.69, 9.17) is 4.84 Å². The van der Waals surface area contributed by atoms with Crippen molar-refractivity contribution in [1.82, 2.24) is 0 Å². The fourth-order valence-corrected chi connectivity index (χ4v) is 0.826. The van der Waals surface area contributed by atoms with Gasteiger partial charge in [0, 0.05) is 5.92 Å². The quantitative estimate of drug-likeness (QED) is 0.374. The first-order chi connectivity index (χ1) is 5.91. The summed E-state index contributed by atoms with van der Waals surface area (Å²) in [5.74, 6) is 0.292. The Morgan fingerprint density at radius 3 is 2.31 bits per heavy atom. The minimum Gasteiger partial charge on any atom is -0.318 e. The topological polar surface area (TPSA) is 38.7 Å². The van der Waals surface area contributed by atoms with E-state index in [0.717, 1.165) is 5.71 Å². The maximum Gasteiger partial charge on any atom is 0.340 e. The second-order valence-electron chi connectivity index (χ2n) is 4.64. The van der Waals surface area contributed by atoms with E-state index in [9.17, 15) is 4.79 Å². The molecule has 1 aliphatic carbocycles. The second-order valence-corrected chi connectivity index (χ2v) is 4.64. The third-order valence-corrected chi connectivity index (χ3v) is 2.05. The molecule has 0 saturated heterocycles. The Morgan fingerprint density at radius 1 is 1.38 bits per heavy atom. The Morgan fingerprint density at radius 2 is 1.92 bits per heavy atom. The van der Waals surface area contributed by atoms with Crippen molar-refractivity contribution < 1.29 is 9.63 Å². The highest BCUT2D eigenvalue weighted by Crippen LogP contribution is 2.30. The fourth-order valence-electron chi connectivity index (χ4n) is 0.826. The summed E-state index contributed by atoms with van der Waals surface area (Å²) in [5, 5.41) is 3.82. The number of oxime groups is 1. The molecule has 13 heavy (non-hydrogen) atoms. The zero-order valence-corrected chi connectivity index (χ0v) is 8.76. The molecule has 0 spiro atoms. The molecule has 0 aromatic rings. The van der Waals surface area contributed by atoms with Crippen LogP contribution in [0.4, 0.5) is 0 Å². The Kier molecular flexibility index (Phi) is 2.74. The van der Waals surface area contributed by atoms with E-state index < -0.39 is 5.41 Å². The first kappa shape index (κ1) is 10.2. The number of carbonyl (C=O) groups is 1. The van der Waals surface area contributed by atoms with Crippen molar-refractivity contribution in [2.24, 2.45) is 16.5 Å². The molecule has 0 aromatic heterocycles. The predicted octanol–water partition coefficient (Wildman–Crippen LogP) is 2.36. The van der Waals surface area contributed by atoms with Crippen LogP contribution in [0.2, 0.25) is 0 Å². The molecule has 0 aliphatic heterocycles. The predicted molar refractivity (Wildman–Crippen MR) is 51.4 cm³/mol. The molecule has 0 radical (unpaired) electrons. The Balaban J connectivity index is 2.41. The summed E-state index contributed by atoms with van der Waals surface area (Å²) in [6.45, 7) is 7.36. The third kappa shape index (κ3) is 3.17. The second kappa shape index (κ2) is 3.48. The molecule has 0 bridgehead atoms. The van der Waals surface area contributed by atoms with Crippen molar-refractivity contribution in [2.75, 3.05) is 0 Å². The first-order valence-corrected chi connectivity index (χ1v) is 4.67. The van der Waals surface area contributed by atoms with Gasteiger partial charge in [0.25, 0.3) is 0 Å². The SMILES string of the molecule is C/C(=N\OC(=O)C(C)(C)C)C1CC1. The van der Waals surface area contributed by atoms with Gasteiger partial charge in [0.05, 0.1) is 11.1 Å². The highest BCUT2D eigenvalue weighted by molar-refractivity contribution is 5.86. The molecule has 74 valence electrons. The van der Waals surface area contributed by atoms with Crippen molar-refractivity contribution >= 4 is 11.7 Å². The van der Waals surface area contributed by atoms with Crippen LogP contribution in [0, 0.1) is 11.3 Å². The smallest absolute Gasteiger partial charge is 0.318 e. The molecule has 0 unspecified atom stereocenters. The minimum atomic E-state index is -0.465. The van der Waals surface area contributed by atoms with Crippen molar-refractivity contribution in [1.29, 1.82) is 0 Å². The molecular weight excluding hydrogens is 166 g/mol. The van der Waals surface area contributed by atoms with Crippen LogP contribution in [0.25, 0.3) is 0 Å². The van der Waals surface area contributed by atoms with Crippen molar-refractivity contribution in [3.63, 3.8) is 0 Å². The van der Waals surface area contributed by atoms with Gasteiger partial charge in [-0.05, 0) is 40.5 Å². The third-order valence-electron chi connectivity index (χ3n) is 2.05. The van der Waals surface area contributed by atoms with Crippen LogP contribution in [0.3, 0.4) is 0 Å². The summed E-state index contributed by atoms with van der Waals surface area (Å²) in [4.78, 5) is 16.1. The monoisotopic (exact) mass is 183 g/mol. The molecular formula is C10H17NO2. The summed E-state index contributed by atoms with van der Waals surface area (Å²) in [6.07, 6.45) is 2.37. The molecule has 0 amide bonds. The molecule has 1 saturated carbocycles. The highest BCUT2D eigenvalue weighted by atomic mass is 16.7. The maximum atomic E-state index is 11.3. The average Bonchev–Trinajstić information content (AvgIpc) is 2.79. The summed E-state index contributed by atoms with van der Waals surface area (Å²) >= 11 is 0. The van der Waals surface area contributed by atoms with Crippen molar-refractivity contribution in [3.05, 3.63) is 0 Å². The minimum absolute atomic E-state index is 0.271. The van der Waals surface area contributed by atoms with Gasteiger partial charge in [0.1, 0.15) is 0 Å². The van der Waals surface area contributed by atoms with Gasteiger partial charge in [-0.15, -0.1) is 0 Å². The van der Waals surface area contributed by atoms with E-state index in [-0.39, 0.29) is 5.97 Å². The lowest BCUT2D eigenvalue weighted by molar-refractivity contribution is -0.152. The van der Waals surface area contributed by atoms with Gasteiger partial charge in [0.15, 0.2) is 0 Å². The summed E-state index contributed by atoms with van der Waals surface area (Å²) in [5.41, 5.74) is 0.477.